The highest BCUT2D eigenvalue weighted by Crippen LogP contribution is 2.31. The highest BCUT2D eigenvalue weighted by atomic mass is 16.5. The van der Waals surface area contributed by atoms with E-state index in [4.69, 9.17) is 14.2 Å². The molecule has 0 spiro atoms. The van der Waals surface area contributed by atoms with Crippen LogP contribution < -0.4 is 19.5 Å². The third-order valence-corrected chi connectivity index (χ3v) is 4.16. The molecule has 0 aromatic heterocycles. The Morgan fingerprint density at radius 1 is 0.759 bits per heavy atom. The molecule has 0 heterocycles. The summed E-state index contributed by atoms with van der Waals surface area (Å²) in [6.07, 6.45) is 0. The van der Waals surface area contributed by atoms with Crippen LogP contribution in [0.25, 0.3) is 11.1 Å². The van der Waals surface area contributed by atoms with Crippen molar-refractivity contribution in [3.8, 4) is 28.4 Å². The Labute approximate surface area is 171 Å². The molecule has 3 rings (SSSR count). The van der Waals surface area contributed by atoms with Crippen LogP contribution in [0.4, 0.5) is 5.69 Å². The van der Waals surface area contributed by atoms with Gasteiger partial charge in [-0.1, -0.05) is 48.5 Å². The van der Waals surface area contributed by atoms with Gasteiger partial charge in [-0.05, 0) is 37.6 Å². The van der Waals surface area contributed by atoms with Crippen LogP contribution in [-0.4, -0.2) is 25.7 Å². The van der Waals surface area contributed by atoms with Crippen LogP contribution in [0.3, 0.4) is 0 Å². The number of para-hydroxylation sites is 1. The van der Waals surface area contributed by atoms with Crippen molar-refractivity contribution in [1.29, 1.82) is 0 Å². The third-order valence-electron chi connectivity index (χ3n) is 4.16. The van der Waals surface area contributed by atoms with Crippen LogP contribution in [0.15, 0.2) is 72.8 Å². The molecule has 0 atom stereocenters. The third kappa shape index (κ3) is 5.51. The van der Waals surface area contributed by atoms with E-state index < -0.39 is 0 Å². The number of ether oxygens (including phenoxy) is 3. The molecule has 0 aliphatic heterocycles. The zero-order valence-electron chi connectivity index (χ0n) is 16.7. The fraction of sp³-hybridized carbons (Fsp3) is 0.208. The lowest BCUT2D eigenvalue weighted by molar-refractivity contribution is -0.118. The molecule has 3 aromatic rings. The van der Waals surface area contributed by atoms with E-state index in [1.807, 2.05) is 68.4 Å². The maximum atomic E-state index is 12.4. The molecule has 0 aliphatic rings. The molecular weight excluding hydrogens is 366 g/mol. The van der Waals surface area contributed by atoms with Crippen LogP contribution in [0.2, 0.25) is 0 Å². The Balaban J connectivity index is 1.66. The lowest BCUT2D eigenvalue weighted by Gasteiger charge is -2.14. The van der Waals surface area contributed by atoms with Gasteiger partial charge in [-0.15, -0.1) is 0 Å². The predicted molar refractivity (Wildman–Crippen MR) is 115 cm³/mol. The maximum absolute atomic E-state index is 12.4. The molecular formula is C24H25NO4. The van der Waals surface area contributed by atoms with E-state index in [0.717, 1.165) is 11.1 Å². The second-order valence-corrected chi connectivity index (χ2v) is 6.23. The fourth-order valence-corrected chi connectivity index (χ4v) is 2.92. The first-order valence-corrected chi connectivity index (χ1v) is 9.68. The van der Waals surface area contributed by atoms with Crippen LogP contribution in [0.1, 0.15) is 13.8 Å². The van der Waals surface area contributed by atoms with Crippen molar-refractivity contribution in [1.82, 2.24) is 0 Å². The zero-order valence-corrected chi connectivity index (χ0v) is 16.7. The quantitative estimate of drug-likeness (QED) is 0.547. The van der Waals surface area contributed by atoms with Crippen molar-refractivity contribution < 1.29 is 19.0 Å². The summed E-state index contributed by atoms with van der Waals surface area (Å²) in [4.78, 5) is 12.4. The molecule has 0 fully saturated rings. The van der Waals surface area contributed by atoms with Gasteiger partial charge in [0, 0.05) is 17.3 Å². The van der Waals surface area contributed by atoms with E-state index in [9.17, 15) is 4.79 Å². The van der Waals surface area contributed by atoms with Crippen molar-refractivity contribution in [3.63, 3.8) is 0 Å². The normalized spacial score (nSPS) is 10.3. The smallest absolute Gasteiger partial charge is 0.262 e. The Kier molecular flexibility index (Phi) is 7.11. The summed E-state index contributed by atoms with van der Waals surface area (Å²) in [5.74, 6) is 1.66. The van der Waals surface area contributed by atoms with Gasteiger partial charge in [0.05, 0.1) is 13.2 Å². The number of carbonyl (C=O) groups is 1. The van der Waals surface area contributed by atoms with Crippen LogP contribution >= 0.6 is 0 Å². The van der Waals surface area contributed by atoms with Crippen molar-refractivity contribution >= 4 is 11.6 Å². The second kappa shape index (κ2) is 10.2. The first-order valence-electron chi connectivity index (χ1n) is 9.68. The number of amides is 1. The minimum Gasteiger partial charge on any atom is -0.490 e. The molecule has 0 unspecified atom stereocenters. The number of benzene rings is 3. The first-order chi connectivity index (χ1) is 14.2. The van der Waals surface area contributed by atoms with Crippen molar-refractivity contribution in [2.75, 3.05) is 25.1 Å². The minimum absolute atomic E-state index is 0.0962. The molecule has 1 N–H and O–H groups in total. The summed E-state index contributed by atoms with van der Waals surface area (Å²) in [6.45, 7) is 4.77. The topological polar surface area (TPSA) is 56.8 Å². The highest BCUT2D eigenvalue weighted by Gasteiger charge is 2.11. The Bertz CT molecular complexity index is 941. The average Bonchev–Trinajstić information content (AvgIpc) is 2.75. The zero-order chi connectivity index (χ0) is 20.5. The maximum Gasteiger partial charge on any atom is 0.262 e. The molecule has 0 radical (unpaired) electrons. The summed E-state index contributed by atoms with van der Waals surface area (Å²) in [5.41, 5.74) is 2.61. The van der Waals surface area contributed by atoms with Gasteiger partial charge in [-0.25, -0.2) is 0 Å². The highest BCUT2D eigenvalue weighted by molar-refractivity contribution is 5.92. The second-order valence-electron chi connectivity index (χ2n) is 6.23. The van der Waals surface area contributed by atoms with Crippen molar-refractivity contribution in [2.45, 2.75) is 13.8 Å². The molecule has 29 heavy (non-hydrogen) atoms. The predicted octanol–water partition coefficient (Wildman–Crippen LogP) is 5.17. The molecule has 0 saturated carbocycles. The van der Waals surface area contributed by atoms with E-state index in [1.165, 1.54) is 0 Å². The summed E-state index contributed by atoms with van der Waals surface area (Å²) >= 11 is 0. The van der Waals surface area contributed by atoms with E-state index in [2.05, 4.69) is 5.32 Å². The Morgan fingerprint density at radius 2 is 1.45 bits per heavy atom. The molecule has 150 valence electrons. The standard InChI is InChI=1S/C24H25NO4/c1-3-27-22-15-14-19(16-23(22)28-4-2)25-24(26)17-29-21-13-9-8-12-20(21)18-10-6-5-7-11-18/h5-16H,3-4,17H2,1-2H3,(H,25,26). The number of anilines is 1. The van der Waals surface area contributed by atoms with Gasteiger partial charge >= 0.3 is 0 Å². The van der Waals surface area contributed by atoms with Gasteiger partial charge in [0.25, 0.3) is 5.91 Å². The molecule has 0 bridgehead atoms. The summed E-state index contributed by atoms with van der Waals surface area (Å²) in [7, 11) is 0. The SMILES string of the molecule is CCOc1ccc(NC(=O)COc2ccccc2-c2ccccc2)cc1OCC. The van der Waals surface area contributed by atoms with Crippen molar-refractivity contribution in [3.05, 3.63) is 72.8 Å². The fourth-order valence-electron chi connectivity index (χ4n) is 2.92. The van der Waals surface area contributed by atoms with Crippen LogP contribution in [0.5, 0.6) is 17.2 Å². The van der Waals surface area contributed by atoms with E-state index >= 15 is 0 Å². The van der Waals surface area contributed by atoms with Gasteiger partial charge < -0.3 is 19.5 Å². The number of hydrogen-bond acceptors (Lipinski definition) is 4. The molecule has 1 amide bonds. The van der Waals surface area contributed by atoms with Gasteiger partial charge in [-0.2, -0.15) is 0 Å². The number of nitrogens with one attached hydrogen (secondary N) is 1. The van der Waals surface area contributed by atoms with Crippen molar-refractivity contribution in [2.24, 2.45) is 0 Å². The van der Waals surface area contributed by atoms with Gasteiger partial charge in [0.15, 0.2) is 18.1 Å². The Morgan fingerprint density at radius 3 is 2.21 bits per heavy atom. The molecule has 5 heteroatoms. The Hall–Kier alpha value is -3.47. The van der Waals surface area contributed by atoms with E-state index in [0.29, 0.717) is 36.1 Å². The first kappa shape index (κ1) is 20.3. The molecule has 5 nitrogen and oxygen atoms in total. The van der Waals surface area contributed by atoms with Gasteiger partial charge in [0.1, 0.15) is 5.75 Å². The largest absolute Gasteiger partial charge is 0.490 e. The number of carbonyl (C=O) groups excluding carboxylic acids is 1. The summed E-state index contributed by atoms with van der Waals surface area (Å²) < 4.78 is 16.9. The number of rotatable bonds is 9. The van der Waals surface area contributed by atoms with Gasteiger partial charge in [0.2, 0.25) is 0 Å². The van der Waals surface area contributed by atoms with Crippen LogP contribution in [-0.2, 0) is 4.79 Å². The molecule has 0 saturated heterocycles. The molecule has 3 aromatic carbocycles. The van der Waals surface area contributed by atoms with Gasteiger partial charge in [-0.3, -0.25) is 4.79 Å². The minimum atomic E-state index is -0.250. The van der Waals surface area contributed by atoms with Crippen LogP contribution in [0, 0.1) is 0 Å². The number of hydrogen-bond donors (Lipinski definition) is 1. The lowest BCUT2D eigenvalue weighted by atomic mass is 10.1. The summed E-state index contributed by atoms with van der Waals surface area (Å²) in [6, 6.07) is 22.9. The summed E-state index contributed by atoms with van der Waals surface area (Å²) in [5, 5.41) is 2.84. The lowest BCUT2D eigenvalue weighted by Crippen LogP contribution is -2.20. The monoisotopic (exact) mass is 391 g/mol. The van der Waals surface area contributed by atoms with E-state index in [-0.39, 0.29) is 12.5 Å². The average molecular weight is 391 g/mol. The molecule has 0 aliphatic carbocycles. The van der Waals surface area contributed by atoms with E-state index in [1.54, 1.807) is 18.2 Å².